The minimum Gasteiger partial charge on any atom is -0.489 e. The largest absolute Gasteiger partial charge is 0.489 e. The second-order valence-electron chi connectivity index (χ2n) is 4.76. The van der Waals surface area contributed by atoms with Crippen LogP contribution in [0.25, 0.3) is 0 Å². The van der Waals surface area contributed by atoms with Gasteiger partial charge in [-0.05, 0) is 59.7 Å². The van der Waals surface area contributed by atoms with E-state index in [9.17, 15) is 0 Å². The van der Waals surface area contributed by atoms with Crippen molar-refractivity contribution in [1.29, 1.82) is 0 Å². The second-order valence-corrected chi connectivity index (χ2v) is 4.76. The summed E-state index contributed by atoms with van der Waals surface area (Å²) >= 11 is 0. The van der Waals surface area contributed by atoms with Gasteiger partial charge in [0.15, 0.2) is 0 Å². The zero-order chi connectivity index (χ0) is 15.0. The van der Waals surface area contributed by atoms with Gasteiger partial charge >= 0.3 is 0 Å². The third-order valence-electron chi connectivity index (χ3n) is 3.13. The summed E-state index contributed by atoms with van der Waals surface area (Å²) in [4.78, 5) is 7.96. The lowest BCUT2D eigenvalue weighted by Gasteiger charge is -2.09. The molecule has 110 valence electrons. The molecule has 0 spiro atoms. The van der Waals surface area contributed by atoms with Gasteiger partial charge in [-0.25, -0.2) is 0 Å². The number of nitrogens with zero attached hydrogens (tertiary/aromatic N) is 2. The molecule has 2 heterocycles. The zero-order valence-corrected chi connectivity index (χ0v) is 12.1. The smallest absolute Gasteiger partial charge is 0.120 e. The Labute approximate surface area is 129 Å². The highest BCUT2D eigenvalue weighted by molar-refractivity contribution is 5.31. The van der Waals surface area contributed by atoms with Crippen molar-refractivity contribution in [2.75, 3.05) is 0 Å². The molecule has 3 aromatic rings. The van der Waals surface area contributed by atoms with Crippen LogP contribution in [0.15, 0.2) is 73.3 Å². The molecule has 0 aliphatic rings. The van der Waals surface area contributed by atoms with Gasteiger partial charge in [0.25, 0.3) is 0 Å². The second kappa shape index (κ2) is 7.22. The maximum absolute atomic E-state index is 5.72. The van der Waals surface area contributed by atoms with Crippen LogP contribution in [0.1, 0.15) is 11.1 Å². The van der Waals surface area contributed by atoms with Gasteiger partial charge in [-0.15, -0.1) is 0 Å². The Morgan fingerprint density at radius 2 is 0.909 bits per heavy atom. The normalized spacial score (nSPS) is 10.2. The maximum atomic E-state index is 5.72. The molecule has 22 heavy (non-hydrogen) atoms. The lowest BCUT2D eigenvalue weighted by Crippen LogP contribution is -1.97. The van der Waals surface area contributed by atoms with Crippen LogP contribution in [0.2, 0.25) is 0 Å². The van der Waals surface area contributed by atoms with Gasteiger partial charge in [-0.2, -0.15) is 0 Å². The van der Waals surface area contributed by atoms with Crippen molar-refractivity contribution in [2.24, 2.45) is 0 Å². The fourth-order valence-electron chi connectivity index (χ4n) is 1.92. The molecule has 4 heteroatoms. The highest BCUT2D eigenvalue weighted by Gasteiger charge is 1.99. The van der Waals surface area contributed by atoms with E-state index in [1.807, 2.05) is 48.5 Å². The van der Waals surface area contributed by atoms with Gasteiger partial charge in [-0.3, -0.25) is 9.97 Å². The molecule has 0 unspecified atom stereocenters. The molecule has 2 aromatic heterocycles. The summed E-state index contributed by atoms with van der Waals surface area (Å²) in [6.45, 7) is 1.06. The predicted octanol–water partition coefficient (Wildman–Crippen LogP) is 3.63. The fraction of sp³-hybridized carbons (Fsp3) is 0.111. The van der Waals surface area contributed by atoms with Crippen LogP contribution in [-0.4, -0.2) is 9.97 Å². The predicted molar refractivity (Wildman–Crippen MR) is 83.6 cm³/mol. The SMILES string of the molecule is c1cc(COc2ccc(OCc3ccncc3)cc2)ccn1. The first-order chi connectivity index (χ1) is 10.9. The first-order valence-corrected chi connectivity index (χ1v) is 7.03. The number of hydrogen-bond acceptors (Lipinski definition) is 4. The molecule has 0 N–H and O–H groups in total. The average molecular weight is 292 g/mol. The third kappa shape index (κ3) is 4.06. The van der Waals surface area contributed by atoms with Crippen LogP contribution < -0.4 is 9.47 Å². The molecular formula is C18H16N2O2. The maximum Gasteiger partial charge on any atom is 0.120 e. The van der Waals surface area contributed by atoms with E-state index in [2.05, 4.69) is 9.97 Å². The Morgan fingerprint density at radius 1 is 0.545 bits per heavy atom. The summed E-state index contributed by atoms with van der Waals surface area (Å²) in [6.07, 6.45) is 7.03. The number of ether oxygens (including phenoxy) is 2. The number of pyridine rings is 2. The summed E-state index contributed by atoms with van der Waals surface area (Å²) in [5.74, 6) is 1.63. The van der Waals surface area contributed by atoms with Crippen molar-refractivity contribution in [3.05, 3.63) is 84.4 Å². The van der Waals surface area contributed by atoms with Crippen LogP contribution >= 0.6 is 0 Å². The topological polar surface area (TPSA) is 44.2 Å². The molecule has 0 amide bonds. The van der Waals surface area contributed by atoms with E-state index in [-0.39, 0.29) is 0 Å². The van der Waals surface area contributed by atoms with Gasteiger partial charge in [-0.1, -0.05) is 0 Å². The van der Waals surface area contributed by atoms with Crippen molar-refractivity contribution in [3.63, 3.8) is 0 Å². The number of hydrogen-bond donors (Lipinski definition) is 0. The van der Waals surface area contributed by atoms with E-state index >= 15 is 0 Å². The molecule has 0 aliphatic heterocycles. The van der Waals surface area contributed by atoms with Crippen LogP contribution in [0.4, 0.5) is 0 Å². The zero-order valence-electron chi connectivity index (χ0n) is 12.1. The standard InChI is InChI=1S/C18H16N2O2/c1-2-18(22-14-16-7-11-20-12-8-16)4-3-17(1)21-13-15-5-9-19-10-6-15/h1-12H,13-14H2. The van der Waals surface area contributed by atoms with E-state index in [0.717, 1.165) is 22.6 Å². The molecule has 3 rings (SSSR count). The quantitative estimate of drug-likeness (QED) is 0.696. The Hall–Kier alpha value is -2.88. The molecule has 0 atom stereocenters. The van der Waals surface area contributed by atoms with E-state index in [0.29, 0.717) is 13.2 Å². The molecule has 0 bridgehead atoms. The van der Waals surface area contributed by atoms with Crippen LogP contribution in [0.5, 0.6) is 11.5 Å². The van der Waals surface area contributed by atoms with Crippen molar-refractivity contribution in [2.45, 2.75) is 13.2 Å². The lowest BCUT2D eigenvalue weighted by molar-refractivity contribution is 0.297. The van der Waals surface area contributed by atoms with Gasteiger partial charge < -0.3 is 9.47 Å². The Bertz CT molecular complexity index is 623. The summed E-state index contributed by atoms with van der Waals surface area (Å²) in [5.41, 5.74) is 2.18. The lowest BCUT2D eigenvalue weighted by atomic mass is 10.3. The molecular weight excluding hydrogens is 276 g/mol. The van der Waals surface area contributed by atoms with Gasteiger partial charge in [0.2, 0.25) is 0 Å². The van der Waals surface area contributed by atoms with Gasteiger partial charge in [0, 0.05) is 24.8 Å². The first-order valence-electron chi connectivity index (χ1n) is 7.03. The minimum absolute atomic E-state index is 0.528. The summed E-state index contributed by atoms with van der Waals surface area (Å²) < 4.78 is 11.4. The number of benzene rings is 1. The van der Waals surface area contributed by atoms with Gasteiger partial charge in [0.1, 0.15) is 24.7 Å². The van der Waals surface area contributed by atoms with Crippen LogP contribution in [-0.2, 0) is 13.2 Å². The van der Waals surface area contributed by atoms with Crippen molar-refractivity contribution < 1.29 is 9.47 Å². The highest BCUT2D eigenvalue weighted by atomic mass is 16.5. The van der Waals surface area contributed by atoms with Crippen LogP contribution in [0, 0.1) is 0 Å². The van der Waals surface area contributed by atoms with Crippen molar-refractivity contribution >= 4 is 0 Å². The molecule has 0 aliphatic carbocycles. The highest BCUT2D eigenvalue weighted by Crippen LogP contribution is 2.19. The summed E-state index contributed by atoms with van der Waals surface area (Å²) in [5, 5.41) is 0. The molecule has 0 fully saturated rings. The summed E-state index contributed by atoms with van der Waals surface area (Å²) in [6, 6.07) is 15.4. The molecule has 0 saturated carbocycles. The Kier molecular flexibility index (Phi) is 4.62. The monoisotopic (exact) mass is 292 g/mol. The Morgan fingerprint density at radius 3 is 1.27 bits per heavy atom. The van der Waals surface area contributed by atoms with Crippen molar-refractivity contribution in [3.8, 4) is 11.5 Å². The Balaban J connectivity index is 1.52. The average Bonchev–Trinajstić information content (AvgIpc) is 2.61. The first kappa shape index (κ1) is 14.1. The molecule has 0 radical (unpaired) electrons. The van der Waals surface area contributed by atoms with Gasteiger partial charge in [0.05, 0.1) is 0 Å². The van der Waals surface area contributed by atoms with E-state index in [4.69, 9.17) is 9.47 Å². The van der Waals surface area contributed by atoms with E-state index in [1.54, 1.807) is 24.8 Å². The number of rotatable bonds is 6. The molecule has 0 saturated heterocycles. The molecule has 1 aromatic carbocycles. The van der Waals surface area contributed by atoms with E-state index < -0.39 is 0 Å². The van der Waals surface area contributed by atoms with Crippen molar-refractivity contribution in [1.82, 2.24) is 9.97 Å². The summed E-state index contributed by atoms with van der Waals surface area (Å²) in [7, 11) is 0. The fourth-order valence-corrected chi connectivity index (χ4v) is 1.92. The minimum atomic E-state index is 0.528. The van der Waals surface area contributed by atoms with E-state index in [1.165, 1.54) is 0 Å². The third-order valence-corrected chi connectivity index (χ3v) is 3.13. The molecule has 4 nitrogen and oxygen atoms in total. The van der Waals surface area contributed by atoms with Crippen LogP contribution in [0.3, 0.4) is 0 Å². The number of aromatic nitrogens is 2.